The van der Waals surface area contributed by atoms with Gasteiger partial charge in [0.1, 0.15) is 16.3 Å². The monoisotopic (exact) mass is 351 g/mol. The van der Waals surface area contributed by atoms with Crippen LogP contribution in [0.2, 0.25) is 0 Å². The summed E-state index contributed by atoms with van der Waals surface area (Å²) in [5, 5.41) is 12.1. The Hall–Kier alpha value is -2.39. The predicted molar refractivity (Wildman–Crippen MR) is 85.3 cm³/mol. The maximum atomic E-state index is 12.0. The Bertz CT molecular complexity index is 917. The summed E-state index contributed by atoms with van der Waals surface area (Å²) in [7, 11) is -2.57. The molecule has 24 heavy (non-hydrogen) atoms. The molecule has 0 unspecified atom stereocenters. The van der Waals surface area contributed by atoms with Gasteiger partial charge in [-0.1, -0.05) is 0 Å². The summed E-state index contributed by atoms with van der Waals surface area (Å²) in [5.74, 6) is -0.282. The van der Waals surface area contributed by atoms with Crippen molar-refractivity contribution in [1.82, 2.24) is 10.2 Å². The van der Waals surface area contributed by atoms with Crippen molar-refractivity contribution in [2.45, 2.75) is 24.7 Å². The largest absolute Gasteiger partial charge is 0.495 e. The third-order valence-corrected chi connectivity index (χ3v) is 4.87. The number of nitrogens with two attached hydrogens (primary N) is 1. The molecule has 0 radical (unpaired) electrons. The lowest BCUT2D eigenvalue weighted by atomic mass is 9.89. The Labute approximate surface area is 139 Å². The molecule has 0 saturated heterocycles. The Morgan fingerprint density at radius 1 is 1.38 bits per heavy atom. The highest BCUT2D eigenvalue weighted by Gasteiger charge is 2.28. The number of aromatic amines is 1. The zero-order valence-electron chi connectivity index (χ0n) is 13.3. The maximum absolute atomic E-state index is 12.0. The summed E-state index contributed by atoms with van der Waals surface area (Å²) in [6.45, 7) is 1.98. The van der Waals surface area contributed by atoms with Crippen molar-refractivity contribution in [2.24, 2.45) is 5.14 Å². The molecule has 9 heteroatoms. The zero-order chi connectivity index (χ0) is 17.5. The van der Waals surface area contributed by atoms with E-state index in [9.17, 15) is 13.2 Å². The number of nitrogens with one attached hydrogen (secondary N) is 1. The van der Waals surface area contributed by atoms with Crippen molar-refractivity contribution in [2.75, 3.05) is 13.7 Å². The summed E-state index contributed by atoms with van der Waals surface area (Å²) in [5.41, 5.74) is 3.05. The predicted octanol–water partition coefficient (Wildman–Crippen LogP) is 1.01. The van der Waals surface area contributed by atoms with E-state index < -0.39 is 16.0 Å². The van der Waals surface area contributed by atoms with Crippen molar-refractivity contribution >= 4 is 16.0 Å². The average molecular weight is 351 g/mol. The Morgan fingerprint density at radius 3 is 2.75 bits per heavy atom. The van der Waals surface area contributed by atoms with Gasteiger partial charge >= 0.3 is 5.97 Å². The molecule has 0 atom stereocenters. The number of esters is 1. The molecule has 1 aromatic heterocycles. The zero-order valence-corrected chi connectivity index (χ0v) is 14.1. The number of aryl methyl sites for hydroxylation is 1. The van der Waals surface area contributed by atoms with Gasteiger partial charge in [-0.25, -0.2) is 18.4 Å². The summed E-state index contributed by atoms with van der Waals surface area (Å²) < 4.78 is 33.8. The van der Waals surface area contributed by atoms with Gasteiger partial charge < -0.3 is 9.47 Å². The number of benzene rings is 1. The Kier molecular flexibility index (Phi) is 4.06. The van der Waals surface area contributed by atoms with Crippen molar-refractivity contribution < 1.29 is 22.7 Å². The van der Waals surface area contributed by atoms with E-state index in [0.29, 0.717) is 35.4 Å². The van der Waals surface area contributed by atoms with Crippen LogP contribution in [0.5, 0.6) is 5.75 Å². The first-order valence-electron chi connectivity index (χ1n) is 7.35. The second-order valence-corrected chi connectivity index (χ2v) is 6.88. The number of nitrogens with zero attached hydrogens (tertiary/aromatic N) is 1. The molecule has 0 spiro atoms. The molecule has 1 aliphatic rings. The van der Waals surface area contributed by atoms with E-state index in [1.54, 1.807) is 13.0 Å². The number of primary sulfonamides is 1. The molecular weight excluding hydrogens is 334 g/mol. The molecule has 128 valence electrons. The highest BCUT2D eigenvalue weighted by molar-refractivity contribution is 7.89. The molecule has 0 bridgehead atoms. The van der Waals surface area contributed by atoms with Crippen LogP contribution in [0.25, 0.3) is 11.3 Å². The van der Waals surface area contributed by atoms with E-state index in [-0.39, 0.29) is 17.3 Å². The van der Waals surface area contributed by atoms with Crippen LogP contribution in [0.15, 0.2) is 17.0 Å². The van der Waals surface area contributed by atoms with Gasteiger partial charge in [-0.3, -0.25) is 5.10 Å². The number of carbonyl (C=O) groups is 1. The lowest BCUT2D eigenvalue weighted by Crippen LogP contribution is -2.15. The normalized spacial score (nSPS) is 13.1. The van der Waals surface area contributed by atoms with Crippen molar-refractivity contribution in [1.29, 1.82) is 0 Å². The van der Waals surface area contributed by atoms with Crippen LogP contribution >= 0.6 is 0 Å². The summed E-state index contributed by atoms with van der Waals surface area (Å²) in [4.78, 5) is 11.9. The van der Waals surface area contributed by atoms with Crippen molar-refractivity contribution in [3.63, 3.8) is 0 Å². The van der Waals surface area contributed by atoms with Crippen LogP contribution in [-0.4, -0.2) is 38.3 Å². The first-order chi connectivity index (χ1) is 11.4. The number of ether oxygens (including phenoxy) is 2. The molecule has 0 amide bonds. The number of hydrogen-bond donors (Lipinski definition) is 2. The van der Waals surface area contributed by atoms with Crippen LogP contribution < -0.4 is 9.88 Å². The third kappa shape index (κ3) is 2.65. The molecule has 2 aromatic rings. The topological polar surface area (TPSA) is 124 Å². The van der Waals surface area contributed by atoms with E-state index in [2.05, 4.69) is 10.2 Å². The van der Waals surface area contributed by atoms with Gasteiger partial charge in [-0.15, -0.1) is 0 Å². The number of aromatic nitrogens is 2. The van der Waals surface area contributed by atoms with Crippen LogP contribution in [0.1, 0.15) is 28.5 Å². The summed E-state index contributed by atoms with van der Waals surface area (Å²) >= 11 is 0. The van der Waals surface area contributed by atoms with Gasteiger partial charge in [0.2, 0.25) is 10.0 Å². The van der Waals surface area contributed by atoms with E-state index in [1.807, 2.05) is 0 Å². The third-order valence-electron chi connectivity index (χ3n) is 3.94. The second kappa shape index (κ2) is 5.91. The fraction of sp³-hybridized carbons (Fsp3) is 0.333. The molecule has 0 saturated carbocycles. The quantitative estimate of drug-likeness (QED) is 0.792. The number of H-pyrrole nitrogens is 1. The van der Waals surface area contributed by atoms with Gasteiger partial charge in [0.25, 0.3) is 0 Å². The van der Waals surface area contributed by atoms with Gasteiger partial charge in [0, 0.05) is 11.1 Å². The number of hydrogen-bond acceptors (Lipinski definition) is 6. The van der Waals surface area contributed by atoms with Crippen molar-refractivity contribution in [3.05, 3.63) is 29.0 Å². The molecule has 1 aromatic carbocycles. The molecule has 0 fully saturated rings. The number of fused-ring (bicyclic) bond motifs is 3. The first-order valence-corrected chi connectivity index (χ1v) is 8.89. The molecule has 1 heterocycles. The van der Waals surface area contributed by atoms with E-state index in [0.717, 1.165) is 5.56 Å². The van der Waals surface area contributed by atoms with Gasteiger partial charge in [-0.2, -0.15) is 5.10 Å². The summed E-state index contributed by atoms with van der Waals surface area (Å²) in [6.07, 6.45) is 1.21. The number of methoxy groups -OCH3 is 1. The highest BCUT2D eigenvalue weighted by Crippen LogP contribution is 2.38. The average Bonchev–Trinajstić information content (AvgIpc) is 2.97. The lowest BCUT2D eigenvalue weighted by molar-refractivity contribution is 0.0518. The van der Waals surface area contributed by atoms with Gasteiger partial charge in [0.05, 0.1) is 19.4 Å². The fourth-order valence-electron chi connectivity index (χ4n) is 2.87. The molecule has 3 N–H and O–H groups in total. The molecule has 0 aliphatic heterocycles. The highest BCUT2D eigenvalue weighted by atomic mass is 32.2. The SMILES string of the molecule is CCOC(=O)c1[nH]nc2c1CCc1cc(OC)c(S(N)(=O)=O)cc1-2. The van der Waals surface area contributed by atoms with Crippen LogP contribution in [0.4, 0.5) is 0 Å². The van der Waals surface area contributed by atoms with Gasteiger partial charge in [-0.05, 0) is 37.5 Å². The second-order valence-electron chi connectivity index (χ2n) is 5.35. The molecule has 3 rings (SSSR count). The molecule has 1 aliphatic carbocycles. The molecular formula is C15H17N3O5S. The smallest absolute Gasteiger partial charge is 0.356 e. The fourth-order valence-corrected chi connectivity index (χ4v) is 3.58. The minimum absolute atomic E-state index is 0.114. The Morgan fingerprint density at radius 2 is 2.12 bits per heavy atom. The van der Waals surface area contributed by atoms with Gasteiger partial charge in [0.15, 0.2) is 0 Å². The van der Waals surface area contributed by atoms with Crippen LogP contribution in [0.3, 0.4) is 0 Å². The van der Waals surface area contributed by atoms with Crippen LogP contribution in [-0.2, 0) is 27.6 Å². The summed E-state index contributed by atoms with van der Waals surface area (Å²) in [6, 6.07) is 3.09. The van der Waals surface area contributed by atoms with E-state index in [4.69, 9.17) is 14.6 Å². The van der Waals surface area contributed by atoms with E-state index in [1.165, 1.54) is 13.2 Å². The van der Waals surface area contributed by atoms with Crippen molar-refractivity contribution in [3.8, 4) is 17.0 Å². The number of rotatable bonds is 4. The number of carbonyl (C=O) groups excluding carboxylic acids is 1. The number of sulfonamides is 1. The first kappa shape index (κ1) is 16.5. The maximum Gasteiger partial charge on any atom is 0.356 e. The molecule has 8 nitrogen and oxygen atoms in total. The minimum Gasteiger partial charge on any atom is -0.495 e. The Balaban J connectivity index is 2.17. The minimum atomic E-state index is -3.95. The lowest BCUT2D eigenvalue weighted by Gasteiger charge is -2.18. The van der Waals surface area contributed by atoms with E-state index >= 15 is 0 Å². The van der Waals surface area contributed by atoms with Crippen LogP contribution in [0, 0.1) is 0 Å². The standard InChI is InChI=1S/C15H17N3O5S/c1-3-23-15(19)14-9-5-4-8-6-11(22-2)12(24(16,20)21)7-10(8)13(9)17-18-14/h6-7H,3-5H2,1-2H3,(H,17,18)(H2,16,20,21).